The molecule has 0 unspecified atom stereocenters. The van der Waals surface area contributed by atoms with Gasteiger partial charge in [0.2, 0.25) is 5.91 Å². The third-order valence-corrected chi connectivity index (χ3v) is 2.75. The van der Waals surface area contributed by atoms with Gasteiger partial charge in [-0.05, 0) is 30.7 Å². The van der Waals surface area contributed by atoms with E-state index in [0.29, 0.717) is 18.1 Å². The van der Waals surface area contributed by atoms with Crippen LogP contribution >= 0.6 is 0 Å². The number of anilines is 3. The first-order chi connectivity index (χ1) is 10.2. The molecule has 2 N–H and O–H groups in total. The highest BCUT2D eigenvalue weighted by Crippen LogP contribution is 2.20. The summed E-state index contributed by atoms with van der Waals surface area (Å²) in [6.45, 7) is 1.95. The SMILES string of the molecule is CCCC(=O)Nc1ccc(Nc2cccc(OC)c2)nn1. The summed E-state index contributed by atoms with van der Waals surface area (Å²) >= 11 is 0. The lowest BCUT2D eigenvalue weighted by molar-refractivity contribution is -0.116. The van der Waals surface area contributed by atoms with Gasteiger partial charge in [-0.3, -0.25) is 4.79 Å². The minimum atomic E-state index is -0.0553. The number of nitrogens with zero attached hydrogens (tertiary/aromatic N) is 2. The lowest BCUT2D eigenvalue weighted by Gasteiger charge is -2.07. The molecule has 6 nitrogen and oxygen atoms in total. The molecule has 2 rings (SSSR count). The maximum Gasteiger partial charge on any atom is 0.225 e. The van der Waals surface area contributed by atoms with Crippen molar-refractivity contribution in [2.75, 3.05) is 17.7 Å². The Kier molecular flexibility index (Phi) is 5.09. The Hall–Kier alpha value is -2.63. The molecule has 0 fully saturated rings. The number of methoxy groups -OCH3 is 1. The van der Waals surface area contributed by atoms with Crippen LogP contribution in [0.2, 0.25) is 0 Å². The Balaban J connectivity index is 2.00. The summed E-state index contributed by atoms with van der Waals surface area (Å²) in [4.78, 5) is 11.5. The minimum absolute atomic E-state index is 0.0553. The van der Waals surface area contributed by atoms with Gasteiger partial charge in [-0.2, -0.15) is 0 Å². The Morgan fingerprint density at radius 2 is 1.95 bits per heavy atom. The normalized spacial score (nSPS) is 10.0. The molecule has 21 heavy (non-hydrogen) atoms. The third kappa shape index (κ3) is 4.45. The number of carbonyl (C=O) groups is 1. The maximum atomic E-state index is 11.5. The number of aromatic nitrogens is 2. The van der Waals surface area contributed by atoms with Gasteiger partial charge in [0, 0.05) is 18.2 Å². The average Bonchev–Trinajstić information content (AvgIpc) is 2.50. The molecule has 0 bridgehead atoms. The second-order valence-electron chi connectivity index (χ2n) is 4.46. The maximum absolute atomic E-state index is 11.5. The van der Waals surface area contributed by atoms with Gasteiger partial charge in [0.05, 0.1) is 7.11 Å². The number of rotatable bonds is 6. The molecule has 1 aromatic carbocycles. The van der Waals surface area contributed by atoms with E-state index in [1.165, 1.54) is 0 Å². The van der Waals surface area contributed by atoms with Crippen LogP contribution in [0.5, 0.6) is 5.75 Å². The molecule has 0 radical (unpaired) electrons. The van der Waals surface area contributed by atoms with E-state index < -0.39 is 0 Å². The van der Waals surface area contributed by atoms with Crippen LogP contribution in [-0.4, -0.2) is 23.2 Å². The summed E-state index contributed by atoms with van der Waals surface area (Å²) in [7, 11) is 1.62. The number of carbonyl (C=O) groups excluding carboxylic acids is 1. The Labute approximate surface area is 123 Å². The largest absolute Gasteiger partial charge is 0.497 e. The van der Waals surface area contributed by atoms with E-state index >= 15 is 0 Å². The number of hydrogen-bond donors (Lipinski definition) is 2. The lowest BCUT2D eigenvalue weighted by atomic mass is 10.3. The van der Waals surface area contributed by atoms with Crippen molar-refractivity contribution in [2.24, 2.45) is 0 Å². The Morgan fingerprint density at radius 3 is 2.62 bits per heavy atom. The summed E-state index contributed by atoms with van der Waals surface area (Å²) in [5.41, 5.74) is 0.853. The fourth-order valence-corrected chi connectivity index (χ4v) is 1.75. The van der Waals surface area contributed by atoms with Crippen molar-refractivity contribution in [3.63, 3.8) is 0 Å². The first-order valence-corrected chi connectivity index (χ1v) is 6.76. The molecule has 1 amide bonds. The second-order valence-corrected chi connectivity index (χ2v) is 4.46. The number of ether oxygens (including phenoxy) is 1. The molecule has 1 heterocycles. The minimum Gasteiger partial charge on any atom is -0.497 e. The average molecular weight is 286 g/mol. The molecule has 1 aromatic heterocycles. The summed E-state index contributed by atoms with van der Waals surface area (Å²) in [5, 5.41) is 13.8. The van der Waals surface area contributed by atoms with E-state index in [1.807, 2.05) is 31.2 Å². The molecule has 0 aliphatic rings. The second kappa shape index (κ2) is 7.23. The van der Waals surface area contributed by atoms with Crippen molar-refractivity contribution in [3.8, 4) is 5.75 Å². The van der Waals surface area contributed by atoms with Crippen molar-refractivity contribution >= 4 is 23.2 Å². The summed E-state index contributed by atoms with van der Waals surface area (Å²) in [5.74, 6) is 1.75. The van der Waals surface area contributed by atoms with Crippen molar-refractivity contribution in [2.45, 2.75) is 19.8 Å². The van der Waals surface area contributed by atoms with E-state index in [2.05, 4.69) is 20.8 Å². The van der Waals surface area contributed by atoms with Crippen LogP contribution in [-0.2, 0) is 4.79 Å². The molecular weight excluding hydrogens is 268 g/mol. The van der Waals surface area contributed by atoms with E-state index in [9.17, 15) is 4.79 Å². The molecular formula is C15H18N4O2. The van der Waals surface area contributed by atoms with E-state index in [4.69, 9.17) is 4.74 Å². The van der Waals surface area contributed by atoms with Crippen LogP contribution in [0.15, 0.2) is 36.4 Å². The first kappa shape index (κ1) is 14.8. The van der Waals surface area contributed by atoms with Crippen LogP contribution in [0.1, 0.15) is 19.8 Å². The highest BCUT2D eigenvalue weighted by atomic mass is 16.5. The predicted molar refractivity (Wildman–Crippen MR) is 81.8 cm³/mol. The van der Waals surface area contributed by atoms with Crippen molar-refractivity contribution in [1.82, 2.24) is 10.2 Å². The topological polar surface area (TPSA) is 76.1 Å². The molecule has 0 saturated carbocycles. The molecule has 0 saturated heterocycles. The molecule has 0 atom stereocenters. The predicted octanol–water partition coefficient (Wildman–Crippen LogP) is 2.97. The van der Waals surface area contributed by atoms with Gasteiger partial charge >= 0.3 is 0 Å². The van der Waals surface area contributed by atoms with Crippen LogP contribution in [0.3, 0.4) is 0 Å². The fraction of sp³-hybridized carbons (Fsp3) is 0.267. The molecule has 110 valence electrons. The Morgan fingerprint density at radius 1 is 1.19 bits per heavy atom. The molecule has 0 aliphatic carbocycles. The molecule has 2 aromatic rings. The van der Waals surface area contributed by atoms with E-state index in [0.717, 1.165) is 17.9 Å². The monoisotopic (exact) mass is 286 g/mol. The first-order valence-electron chi connectivity index (χ1n) is 6.76. The summed E-state index contributed by atoms with van der Waals surface area (Å²) < 4.78 is 5.15. The highest BCUT2D eigenvalue weighted by Gasteiger charge is 2.03. The molecule has 0 aliphatic heterocycles. The number of benzene rings is 1. The third-order valence-electron chi connectivity index (χ3n) is 2.75. The van der Waals surface area contributed by atoms with Gasteiger partial charge in [-0.15, -0.1) is 10.2 Å². The van der Waals surface area contributed by atoms with E-state index in [-0.39, 0.29) is 5.91 Å². The van der Waals surface area contributed by atoms with Gasteiger partial charge in [0.1, 0.15) is 5.75 Å². The quantitative estimate of drug-likeness (QED) is 0.853. The van der Waals surface area contributed by atoms with Gasteiger partial charge in [-0.1, -0.05) is 13.0 Å². The van der Waals surface area contributed by atoms with Crippen LogP contribution in [0.25, 0.3) is 0 Å². The van der Waals surface area contributed by atoms with Gasteiger partial charge in [0.25, 0.3) is 0 Å². The zero-order valence-electron chi connectivity index (χ0n) is 12.1. The van der Waals surface area contributed by atoms with Crippen molar-refractivity contribution < 1.29 is 9.53 Å². The summed E-state index contributed by atoms with van der Waals surface area (Å²) in [6, 6.07) is 11.0. The number of amides is 1. The smallest absolute Gasteiger partial charge is 0.225 e. The lowest BCUT2D eigenvalue weighted by Crippen LogP contribution is -2.12. The van der Waals surface area contributed by atoms with Gasteiger partial charge in [0.15, 0.2) is 11.6 Å². The standard InChI is InChI=1S/C15H18N4O2/c1-3-5-15(20)17-14-9-8-13(18-19-14)16-11-6-4-7-12(10-11)21-2/h4,6-10H,3,5H2,1-2H3,(H,16,18)(H,17,19,20). The van der Waals surface area contributed by atoms with E-state index in [1.54, 1.807) is 19.2 Å². The fourth-order valence-electron chi connectivity index (χ4n) is 1.75. The van der Waals surface area contributed by atoms with Crippen LogP contribution < -0.4 is 15.4 Å². The zero-order valence-corrected chi connectivity index (χ0v) is 12.1. The van der Waals surface area contributed by atoms with Crippen molar-refractivity contribution in [1.29, 1.82) is 0 Å². The highest BCUT2D eigenvalue weighted by molar-refractivity contribution is 5.89. The van der Waals surface area contributed by atoms with Crippen LogP contribution in [0.4, 0.5) is 17.3 Å². The number of nitrogens with one attached hydrogen (secondary N) is 2. The number of hydrogen-bond acceptors (Lipinski definition) is 5. The van der Waals surface area contributed by atoms with Gasteiger partial charge in [-0.25, -0.2) is 0 Å². The molecule has 6 heteroatoms. The Bertz CT molecular complexity index is 599. The van der Waals surface area contributed by atoms with Gasteiger partial charge < -0.3 is 15.4 Å². The molecule has 0 spiro atoms. The zero-order chi connectivity index (χ0) is 15.1. The van der Waals surface area contributed by atoms with Crippen LogP contribution in [0, 0.1) is 0 Å². The summed E-state index contributed by atoms with van der Waals surface area (Å²) in [6.07, 6.45) is 1.28. The van der Waals surface area contributed by atoms with Crippen molar-refractivity contribution in [3.05, 3.63) is 36.4 Å².